The third-order valence-electron chi connectivity index (χ3n) is 3.28. The highest BCUT2D eigenvalue weighted by Crippen LogP contribution is 2.30. The third kappa shape index (κ3) is 3.44. The Hall–Kier alpha value is -0.0900. The number of nitrogens with one attached hydrogen (secondary N) is 1. The molecular weight excluding hydrogens is 254 g/mol. The van der Waals surface area contributed by atoms with E-state index in [0.29, 0.717) is 6.04 Å². The number of ether oxygens (including phenoxy) is 1. The zero-order valence-corrected chi connectivity index (χ0v) is 12.2. The molecule has 2 nitrogen and oxygen atoms in total. The van der Waals surface area contributed by atoms with E-state index in [0.717, 1.165) is 23.9 Å². The SMILES string of the molecule is CC(C)(C)C1CCOC(c2csc(Cl)c2)CN1. The summed E-state index contributed by atoms with van der Waals surface area (Å²) in [7, 11) is 0. The molecule has 1 aliphatic heterocycles. The van der Waals surface area contributed by atoms with Crippen LogP contribution in [0.2, 0.25) is 4.34 Å². The Labute approximate surface area is 112 Å². The van der Waals surface area contributed by atoms with Crippen molar-refractivity contribution < 1.29 is 4.74 Å². The van der Waals surface area contributed by atoms with Crippen LogP contribution in [0.1, 0.15) is 38.9 Å². The molecular formula is C13H20ClNOS. The third-order valence-corrected chi connectivity index (χ3v) is 4.39. The summed E-state index contributed by atoms with van der Waals surface area (Å²) in [5, 5.41) is 5.71. The van der Waals surface area contributed by atoms with E-state index < -0.39 is 0 Å². The first-order chi connectivity index (χ1) is 7.97. The lowest BCUT2D eigenvalue weighted by atomic mass is 9.85. The fraction of sp³-hybridized carbons (Fsp3) is 0.692. The van der Waals surface area contributed by atoms with Gasteiger partial charge in [0.05, 0.1) is 10.4 Å². The fourth-order valence-corrected chi connectivity index (χ4v) is 3.12. The minimum Gasteiger partial charge on any atom is -0.372 e. The standard InChI is InChI=1S/C13H20ClNOS/c1-13(2,3)11-4-5-16-10(7-15-11)9-6-12(14)17-8-9/h6,8,10-11,15H,4-5,7H2,1-3H3. The van der Waals surface area contributed by atoms with Crippen LogP contribution in [0.5, 0.6) is 0 Å². The number of thiophene rings is 1. The van der Waals surface area contributed by atoms with E-state index in [1.807, 2.05) is 6.07 Å². The van der Waals surface area contributed by atoms with Crippen LogP contribution in [-0.2, 0) is 4.74 Å². The van der Waals surface area contributed by atoms with E-state index in [-0.39, 0.29) is 11.5 Å². The van der Waals surface area contributed by atoms with Crippen LogP contribution >= 0.6 is 22.9 Å². The van der Waals surface area contributed by atoms with E-state index in [1.54, 1.807) is 11.3 Å². The molecule has 0 bridgehead atoms. The normalized spacial score (nSPS) is 26.8. The molecule has 2 atom stereocenters. The van der Waals surface area contributed by atoms with Gasteiger partial charge in [-0.05, 0) is 28.8 Å². The Morgan fingerprint density at radius 3 is 2.82 bits per heavy atom. The minimum atomic E-state index is 0.145. The van der Waals surface area contributed by atoms with E-state index in [4.69, 9.17) is 16.3 Å². The van der Waals surface area contributed by atoms with Crippen molar-refractivity contribution in [2.75, 3.05) is 13.2 Å². The molecule has 96 valence electrons. The van der Waals surface area contributed by atoms with Gasteiger partial charge in [-0.15, -0.1) is 11.3 Å². The van der Waals surface area contributed by atoms with Gasteiger partial charge in [-0.3, -0.25) is 0 Å². The maximum atomic E-state index is 5.96. The Bertz CT molecular complexity index is 372. The van der Waals surface area contributed by atoms with Gasteiger partial charge in [0.25, 0.3) is 0 Å². The van der Waals surface area contributed by atoms with Crippen molar-refractivity contribution in [3.05, 3.63) is 21.3 Å². The van der Waals surface area contributed by atoms with Crippen molar-refractivity contribution in [1.29, 1.82) is 0 Å². The van der Waals surface area contributed by atoms with Gasteiger partial charge in [-0.1, -0.05) is 32.4 Å². The highest BCUT2D eigenvalue weighted by atomic mass is 35.5. The predicted molar refractivity (Wildman–Crippen MR) is 73.9 cm³/mol. The summed E-state index contributed by atoms with van der Waals surface area (Å²) < 4.78 is 6.75. The molecule has 1 aromatic heterocycles. The molecule has 1 aliphatic rings. The van der Waals surface area contributed by atoms with Gasteiger partial charge in [0.15, 0.2) is 0 Å². The summed E-state index contributed by atoms with van der Waals surface area (Å²) in [6.45, 7) is 8.49. The predicted octanol–water partition coefficient (Wildman–Crippen LogP) is 3.87. The van der Waals surface area contributed by atoms with Gasteiger partial charge < -0.3 is 10.1 Å². The first-order valence-electron chi connectivity index (χ1n) is 6.06. The lowest BCUT2D eigenvalue weighted by Gasteiger charge is -2.30. The maximum absolute atomic E-state index is 5.96. The first kappa shape index (κ1) is 13.3. The summed E-state index contributed by atoms with van der Waals surface area (Å²) in [4.78, 5) is 0. The number of hydrogen-bond donors (Lipinski definition) is 1. The zero-order valence-electron chi connectivity index (χ0n) is 10.6. The molecule has 2 unspecified atom stereocenters. The fourth-order valence-electron chi connectivity index (χ4n) is 2.18. The molecule has 0 aromatic carbocycles. The van der Waals surface area contributed by atoms with Crippen LogP contribution in [0.4, 0.5) is 0 Å². The van der Waals surface area contributed by atoms with Gasteiger partial charge in [0.2, 0.25) is 0 Å². The number of rotatable bonds is 1. The van der Waals surface area contributed by atoms with Crippen LogP contribution in [0.15, 0.2) is 11.4 Å². The van der Waals surface area contributed by atoms with Crippen molar-refractivity contribution in [2.45, 2.75) is 39.3 Å². The van der Waals surface area contributed by atoms with Gasteiger partial charge in [-0.25, -0.2) is 0 Å². The summed E-state index contributed by atoms with van der Waals surface area (Å²) in [6.07, 6.45) is 1.21. The molecule has 0 amide bonds. The van der Waals surface area contributed by atoms with Crippen molar-refractivity contribution >= 4 is 22.9 Å². The molecule has 0 radical (unpaired) electrons. The largest absolute Gasteiger partial charge is 0.372 e. The average Bonchev–Trinajstić information content (AvgIpc) is 2.53. The molecule has 2 heterocycles. The second-order valence-corrected chi connectivity index (χ2v) is 7.20. The van der Waals surface area contributed by atoms with Crippen molar-refractivity contribution in [3.8, 4) is 0 Å². The molecule has 0 aliphatic carbocycles. The summed E-state index contributed by atoms with van der Waals surface area (Å²) in [5.74, 6) is 0. The van der Waals surface area contributed by atoms with Gasteiger partial charge >= 0.3 is 0 Å². The quantitative estimate of drug-likeness (QED) is 0.839. The molecule has 1 N–H and O–H groups in total. The van der Waals surface area contributed by atoms with Gasteiger partial charge in [0, 0.05) is 19.2 Å². The molecule has 1 aromatic rings. The molecule has 1 saturated heterocycles. The summed E-state index contributed by atoms with van der Waals surface area (Å²) in [6, 6.07) is 2.53. The van der Waals surface area contributed by atoms with Crippen molar-refractivity contribution in [3.63, 3.8) is 0 Å². The molecule has 1 fully saturated rings. The molecule has 0 spiro atoms. The Balaban J connectivity index is 2.01. The summed E-state index contributed by atoms with van der Waals surface area (Å²) in [5.41, 5.74) is 1.48. The van der Waals surface area contributed by atoms with Crippen LogP contribution in [0, 0.1) is 5.41 Å². The van der Waals surface area contributed by atoms with E-state index >= 15 is 0 Å². The second-order valence-electron chi connectivity index (χ2n) is 5.66. The summed E-state index contributed by atoms with van der Waals surface area (Å²) >= 11 is 7.53. The van der Waals surface area contributed by atoms with E-state index in [9.17, 15) is 0 Å². The van der Waals surface area contributed by atoms with E-state index in [2.05, 4.69) is 31.5 Å². The van der Waals surface area contributed by atoms with Gasteiger partial charge in [-0.2, -0.15) is 0 Å². The smallest absolute Gasteiger partial charge is 0.0957 e. The molecule has 2 rings (SSSR count). The molecule has 0 saturated carbocycles. The highest BCUT2D eigenvalue weighted by Gasteiger charge is 2.28. The topological polar surface area (TPSA) is 21.3 Å². The lowest BCUT2D eigenvalue weighted by Crippen LogP contribution is -2.40. The molecule has 4 heteroatoms. The minimum absolute atomic E-state index is 0.145. The number of halogens is 1. The van der Waals surface area contributed by atoms with Crippen LogP contribution in [0.25, 0.3) is 0 Å². The Kier molecular flexibility index (Phi) is 4.14. The monoisotopic (exact) mass is 273 g/mol. The molecule has 17 heavy (non-hydrogen) atoms. The van der Waals surface area contributed by atoms with Crippen molar-refractivity contribution in [1.82, 2.24) is 5.32 Å². The second kappa shape index (κ2) is 5.27. The van der Waals surface area contributed by atoms with Crippen molar-refractivity contribution in [2.24, 2.45) is 5.41 Å². The Morgan fingerprint density at radius 2 is 2.24 bits per heavy atom. The van der Waals surface area contributed by atoms with Gasteiger partial charge in [0.1, 0.15) is 0 Å². The first-order valence-corrected chi connectivity index (χ1v) is 7.31. The van der Waals surface area contributed by atoms with Crippen LogP contribution in [-0.4, -0.2) is 19.2 Å². The van der Waals surface area contributed by atoms with E-state index in [1.165, 1.54) is 5.56 Å². The average molecular weight is 274 g/mol. The Morgan fingerprint density at radius 1 is 1.47 bits per heavy atom. The maximum Gasteiger partial charge on any atom is 0.0957 e. The number of hydrogen-bond acceptors (Lipinski definition) is 3. The van der Waals surface area contributed by atoms with Crippen LogP contribution in [0.3, 0.4) is 0 Å². The van der Waals surface area contributed by atoms with Crippen LogP contribution < -0.4 is 5.32 Å². The highest BCUT2D eigenvalue weighted by molar-refractivity contribution is 7.14. The lowest BCUT2D eigenvalue weighted by molar-refractivity contribution is 0.0657. The zero-order chi connectivity index (χ0) is 12.5.